The van der Waals surface area contributed by atoms with E-state index >= 15 is 0 Å². The van der Waals surface area contributed by atoms with E-state index in [1.54, 1.807) is 13.2 Å². The van der Waals surface area contributed by atoms with Gasteiger partial charge in [0, 0.05) is 18.7 Å². The largest absolute Gasteiger partial charge is 0.448 e. The van der Waals surface area contributed by atoms with Gasteiger partial charge >= 0.3 is 5.97 Å². The highest BCUT2D eigenvalue weighted by Gasteiger charge is 2.65. The number of aryl methyl sites for hydroxylation is 1. The zero-order valence-electron chi connectivity index (χ0n) is 13.3. The molecule has 1 fully saturated rings. The Kier molecular flexibility index (Phi) is 2.92. The van der Waals surface area contributed by atoms with Crippen LogP contribution in [0.1, 0.15) is 54.2 Å². The average Bonchev–Trinajstić information content (AvgIpc) is 3.05. The predicted octanol–water partition coefficient (Wildman–Crippen LogP) is 3.44. The fourth-order valence-corrected chi connectivity index (χ4v) is 4.49. The number of halogens is 1. The molecular weight excluding hydrogens is 314 g/mol. The monoisotopic (exact) mass is 331 g/mol. The number of esters is 1. The molecule has 2 aromatic rings. The van der Waals surface area contributed by atoms with Crippen molar-refractivity contribution in [1.82, 2.24) is 14.8 Å². The molecule has 5 nitrogen and oxygen atoms in total. The molecule has 0 amide bonds. The molecule has 2 aliphatic carbocycles. The normalized spacial score (nSPS) is 27.0. The molecule has 120 valence electrons. The maximum absolute atomic E-state index is 12.7. The van der Waals surface area contributed by atoms with Gasteiger partial charge in [-0.05, 0) is 30.4 Å². The molecule has 0 aliphatic heterocycles. The summed E-state index contributed by atoms with van der Waals surface area (Å²) in [7, 11) is 1.69. The Morgan fingerprint density at radius 2 is 2.26 bits per heavy atom. The summed E-state index contributed by atoms with van der Waals surface area (Å²) < 4.78 is 7.53. The number of pyridine rings is 1. The van der Waals surface area contributed by atoms with Gasteiger partial charge in [0.2, 0.25) is 0 Å². The van der Waals surface area contributed by atoms with Crippen molar-refractivity contribution in [2.75, 3.05) is 0 Å². The molecule has 1 saturated carbocycles. The van der Waals surface area contributed by atoms with Crippen molar-refractivity contribution in [2.45, 2.75) is 38.2 Å². The third kappa shape index (κ3) is 1.71. The molecule has 0 saturated heterocycles. The standard InChI is InChI=1S/C17H18ClN3O2/c1-16(2)12-6-7-17(16,13-10(12)5-4-8-19-13)23-15(22)11-9-20-21(3)14(11)18/h4-5,8-9,12H,6-7H2,1-3H3. The van der Waals surface area contributed by atoms with E-state index in [1.807, 2.05) is 6.07 Å². The second-order valence-electron chi connectivity index (χ2n) is 6.94. The number of hydrogen-bond donors (Lipinski definition) is 0. The zero-order chi connectivity index (χ0) is 16.4. The van der Waals surface area contributed by atoms with Crippen molar-refractivity contribution < 1.29 is 9.53 Å². The molecule has 2 aromatic heterocycles. The van der Waals surface area contributed by atoms with Crippen LogP contribution in [0.4, 0.5) is 0 Å². The summed E-state index contributed by atoms with van der Waals surface area (Å²) in [5.74, 6) is -0.0706. The Balaban J connectivity index is 1.78. The first-order valence-electron chi connectivity index (χ1n) is 7.75. The fraction of sp³-hybridized carbons (Fsp3) is 0.471. The van der Waals surface area contributed by atoms with E-state index in [4.69, 9.17) is 16.3 Å². The number of carbonyl (C=O) groups is 1. The van der Waals surface area contributed by atoms with Crippen LogP contribution in [0.2, 0.25) is 5.15 Å². The third-order valence-electron chi connectivity index (χ3n) is 5.65. The minimum Gasteiger partial charge on any atom is -0.448 e. The second-order valence-corrected chi connectivity index (χ2v) is 7.30. The number of aromatic nitrogens is 3. The van der Waals surface area contributed by atoms with E-state index in [9.17, 15) is 4.79 Å². The van der Waals surface area contributed by atoms with Crippen molar-refractivity contribution in [2.24, 2.45) is 12.5 Å². The summed E-state index contributed by atoms with van der Waals surface area (Å²) in [6.45, 7) is 4.31. The number of hydrogen-bond acceptors (Lipinski definition) is 4. The molecule has 2 aliphatic rings. The van der Waals surface area contributed by atoms with Gasteiger partial charge in [-0.25, -0.2) is 4.79 Å². The summed E-state index contributed by atoms with van der Waals surface area (Å²) >= 11 is 6.14. The predicted molar refractivity (Wildman–Crippen MR) is 85.3 cm³/mol. The van der Waals surface area contributed by atoms with Crippen LogP contribution in [-0.4, -0.2) is 20.7 Å². The Morgan fingerprint density at radius 1 is 1.48 bits per heavy atom. The van der Waals surface area contributed by atoms with E-state index in [1.165, 1.54) is 16.4 Å². The molecule has 2 unspecified atom stereocenters. The van der Waals surface area contributed by atoms with E-state index in [0.29, 0.717) is 11.5 Å². The molecule has 2 bridgehead atoms. The summed E-state index contributed by atoms with van der Waals surface area (Å²) in [4.78, 5) is 17.3. The van der Waals surface area contributed by atoms with Crippen LogP contribution in [0.5, 0.6) is 0 Å². The maximum atomic E-state index is 12.7. The van der Waals surface area contributed by atoms with Crippen LogP contribution in [0, 0.1) is 5.41 Å². The molecule has 0 radical (unpaired) electrons. The van der Waals surface area contributed by atoms with Crippen LogP contribution in [-0.2, 0) is 17.4 Å². The lowest BCUT2D eigenvalue weighted by atomic mass is 9.77. The lowest BCUT2D eigenvalue weighted by Crippen LogP contribution is -2.40. The van der Waals surface area contributed by atoms with Gasteiger partial charge in [0.1, 0.15) is 10.7 Å². The van der Waals surface area contributed by atoms with E-state index in [0.717, 1.165) is 18.5 Å². The molecule has 2 atom stereocenters. The van der Waals surface area contributed by atoms with E-state index in [-0.39, 0.29) is 10.6 Å². The van der Waals surface area contributed by atoms with Gasteiger partial charge in [0.25, 0.3) is 0 Å². The number of rotatable bonds is 2. The Labute approximate surface area is 139 Å². The first kappa shape index (κ1) is 14.7. The summed E-state index contributed by atoms with van der Waals surface area (Å²) in [5.41, 5.74) is 1.52. The van der Waals surface area contributed by atoms with Crippen LogP contribution in [0.25, 0.3) is 0 Å². The van der Waals surface area contributed by atoms with Crippen molar-refractivity contribution >= 4 is 17.6 Å². The highest BCUT2D eigenvalue weighted by atomic mass is 35.5. The van der Waals surface area contributed by atoms with Crippen molar-refractivity contribution in [3.63, 3.8) is 0 Å². The number of ether oxygens (including phenoxy) is 1. The molecule has 0 aromatic carbocycles. The molecular formula is C17H18ClN3O2. The quantitative estimate of drug-likeness (QED) is 0.791. The van der Waals surface area contributed by atoms with Crippen LogP contribution in [0.15, 0.2) is 24.5 Å². The summed E-state index contributed by atoms with van der Waals surface area (Å²) in [6.07, 6.45) is 5.01. The maximum Gasteiger partial charge on any atom is 0.343 e. The highest BCUT2D eigenvalue weighted by Crippen LogP contribution is 2.67. The van der Waals surface area contributed by atoms with Crippen LogP contribution in [0.3, 0.4) is 0 Å². The second kappa shape index (κ2) is 4.57. The minimum absolute atomic E-state index is 0.186. The lowest BCUT2D eigenvalue weighted by Gasteiger charge is -2.37. The Morgan fingerprint density at radius 3 is 2.96 bits per heavy atom. The third-order valence-corrected chi connectivity index (χ3v) is 6.10. The lowest BCUT2D eigenvalue weighted by molar-refractivity contribution is -0.0705. The van der Waals surface area contributed by atoms with Crippen LogP contribution >= 0.6 is 11.6 Å². The number of nitrogens with zero attached hydrogens (tertiary/aromatic N) is 3. The van der Waals surface area contributed by atoms with Crippen molar-refractivity contribution in [1.29, 1.82) is 0 Å². The zero-order valence-corrected chi connectivity index (χ0v) is 14.1. The number of carbonyl (C=O) groups excluding carboxylic acids is 1. The van der Waals surface area contributed by atoms with Gasteiger partial charge < -0.3 is 4.74 Å². The molecule has 2 heterocycles. The van der Waals surface area contributed by atoms with Gasteiger partial charge in [0.15, 0.2) is 5.60 Å². The highest BCUT2D eigenvalue weighted by molar-refractivity contribution is 6.32. The smallest absolute Gasteiger partial charge is 0.343 e. The minimum atomic E-state index is -0.690. The molecule has 4 rings (SSSR count). The van der Waals surface area contributed by atoms with E-state index in [2.05, 4.69) is 30.0 Å². The van der Waals surface area contributed by atoms with Gasteiger partial charge in [-0.2, -0.15) is 5.10 Å². The topological polar surface area (TPSA) is 57.0 Å². The van der Waals surface area contributed by atoms with Crippen molar-refractivity contribution in [3.8, 4) is 0 Å². The molecule has 0 N–H and O–H groups in total. The number of fused-ring (bicyclic) bond motifs is 5. The Hall–Kier alpha value is -1.88. The van der Waals surface area contributed by atoms with Crippen molar-refractivity contribution in [3.05, 3.63) is 46.5 Å². The van der Waals surface area contributed by atoms with Gasteiger partial charge in [-0.15, -0.1) is 0 Å². The summed E-state index contributed by atoms with van der Waals surface area (Å²) in [6, 6.07) is 4.05. The van der Waals surface area contributed by atoms with E-state index < -0.39 is 11.6 Å². The Bertz CT molecular complexity index is 814. The van der Waals surface area contributed by atoms with Crippen LogP contribution < -0.4 is 0 Å². The fourth-order valence-electron chi connectivity index (χ4n) is 4.32. The molecule has 0 spiro atoms. The summed E-state index contributed by atoms with van der Waals surface area (Å²) in [5, 5.41) is 4.31. The van der Waals surface area contributed by atoms with Gasteiger partial charge in [0.05, 0.1) is 11.9 Å². The SMILES string of the molecule is Cn1ncc(C(=O)OC23CCC(c4cccnc42)C3(C)C)c1Cl. The average molecular weight is 332 g/mol. The van der Waals surface area contributed by atoms with Gasteiger partial charge in [-0.1, -0.05) is 31.5 Å². The first-order valence-corrected chi connectivity index (χ1v) is 8.12. The van der Waals surface area contributed by atoms with Gasteiger partial charge in [-0.3, -0.25) is 9.67 Å². The first-order chi connectivity index (χ1) is 10.9. The molecule has 23 heavy (non-hydrogen) atoms. The molecule has 6 heteroatoms.